The van der Waals surface area contributed by atoms with Gasteiger partial charge in [0.25, 0.3) is 0 Å². The van der Waals surface area contributed by atoms with Crippen LogP contribution in [-0.2, 0) is 4.79 Å². The van der Waals surface area contributed by atoms with E-state index in [-0.39, 0.29) is 11.4 Å². The van der Waals surface area contributed by atoms with Gasteiger partial charge in [0.15, 0.2) is 0 Å². The first-order chi connectivity index (χ1) is 11.0. The number of carbonyl (C=O) groups excluding carboxylic acids is 1. The number of amides is 1. The molecule has 0 fully saturated rings. The van der Waals surface area contributed by atoms with E-state index < -0.39 is 5.91 Å². The number of hydrogen-bond acceptors (Lipinski definition) is 4. The maximum absolute atomic E-state index is 12.0. The highest BCUT2D eigenvalue weighted by atomic mass is 35.5. The van der Waals surface area contributed by atoms with E-state index in [2.05, 4.69) is 5.32 Å². The number of halogens is 1. The number of nitrogens with one attached hydrogen (secondary N) is 1. The van der Waals surface area contributed by atoms with Crippen LogP contribution in [0.2, 0.25) is 5.02 Å². The van der Waals surface area contributed by atoms with E-state index in [1.54, 1.807) is 38.5 Å². The maximum Gasteiger partial charge on any atom is 0.248 e. The molecule has 2 rings (SSSR count). The largest absolute Gasteiger partial charge is 0.506 e. The van der Waals surface area contributed by atoms with Crippen LogP contribution in [0, 0.1) is 0 Å². The number of phenolic OH excluding ortho intramolecular Hbond substituents is 1. The Labute approximate surface area is 139 Å². The second kappa shape index (κ2) is 7.56. The number of benzene rings is 2. The topological polar surface area (TPSA) is 67.8 Å². The van der Waals surface area contributed by atoms with E-state index in [0.29, 0.717) is 22.1 Å². The van der Waals surface area contributed by atoms with Gasteiger partial charge in [-0.15, -0.1) is 0 Å². The third-order valence-corrected chi connectivity index (χ3v) is 3.30. The molecule has 5 nitrogen and oxygen atoms in total. The number of anilines is 1. The number of carbonyl (C=O) groups is 1. The number of hydrogen-bond donors (Lipinski definition) is 2. The fraction of sp³-hybridized carbons (Fsp3) is 0.118. The summed E-state index contributed by atoms with van der Waals surface area (Å²) >= 11 is 5.84. The van der Waals surface area contributed by atoms with Crippen molar-refractivity contribution in [3.8, 4) is 17.2 Å². The van der Waals surface area contributed by atoms with Crippen molar-refractivity contribution in [2.24, 2.45) is 0 Å². The second-order valence-corrected chi connectivity index (χ2v) is 5.03. The zero-order valence-corrected chi connectivity index (χ0v) is 13.4. The average molecular weight is 334 g/mol. The summed E-state index contributed by atoms with van der Waals surface area (Å²) in [6, 6.07) is 9.67. The minimum atomic E-state index is -0.410. The third kappa shape index (κ3) is 4.40. The van der Waals surface area contributed by atoms with Crippen molar-refractivity contribution in [1.82, 2.24) is 0 Å². The van der Waals surface area contributed by atoms with E-state index in [1.165, 1.54) is 24.3 Å². The molecule has 0 aliphatic rings. The quantitative estimate of drug-likeness (QED) is 0.646. The van der Waals surface area contributed by atoms with Gasteiger partial charge in [-0.1, -0.05) is 11.6 Å². The van der Waals surface area contributed by atoms with Crippen LogP contribution in [0.4, 0.5) is 5.69 Å². The smallest absolute Gasteiger partial charge is 0.248 e. The predicted octanol–water partition coefficient (Wildman–Crippen LogP) is 3.71. The molecule has 0 aliphatic carbocycles. The molecule has 0 spiro atoms. The summed E-state index contributed by atoms with van der Waals surface area (Å²) in [7, 11) is 3.10. The Morgan fingerprint density at radius 2 is 1.96 bits per heavy atom. The second-order valence-electron chi connectivity index (χ2n) is 4.59. The maximum atomic E-state index is 12.0. The van der Waals surface area contributed by atoms with Crippen molar-refractivity contribution in [3.63, 3.8) is 0 Å². The van der Waals surface area contributed by atoms with Crippen LogP contribution in [0.5, 0.6) is 17.2 Å². The van der Waals surface area contributed by atoms with Gasteiger partial charge >= 0.3 is 0 Å². The van der Waals surface area contributed by atoms with Gasteiger partial charge in [-0.3, -0.25) is 4.79 Å². The van der Waals surface area contributed by atoms with Crippen molar-refractivity contribution in [3.05, 3.63) is 53.1 Å². The van der Waals surface area contributed by atoms with Gasteiger partial charge in [0.1, 0.15) is 17.2 Å². The Hall–Kier alpha value is -2.66. The number of ether oxygens (including phenoxy) is 2. The lowest BCUT2D eigenvalue weighted by molar-refractivity contribution is -0.111. The Bertz CT molecular complexity index is 743. The van der Waals surface area contributed by atoms with Gasteiger partial charge in [0.2, 0.25) is 5.91 Å². The summed E-state index contributed by atoms with van der Waals surface area (Å²) in [5, 5.41) is 12.7. The lowest BCUT2D eigenvalue weighted by Crippen LogP contribution is -2.07. The van der Waals surface area contributed by atoms with E-state index in [0.717, 1.165) is 0 Å². The zero-order valence-electron chi connectivity index (χ0n) is 12.7. The molecule has 23 heavy (non-hydrogen) atoms. The summed E-state index contributed by atoms with van der Waals surface area (Å²) in [6.45, 7) is 0. The fourth-order valence-electron chi connectivity index (χ4n) is 1.92. The highest BCUT2D eigenvalue weighted by molar-refractivity contribution is 6.31. The lowest BCUT2D eigenvalue weighted by atomic mass is 10.1. The number of aromatic hydroxyl groups is 1. The molecule has 2 N–H and O–H groups in total. The van der Waals surface area contributed by atoms with Gasteiger partial charge < -0.3 is 19.9 Å². The summed E-state index contributed by atoms with van der Waals surface area (Å²) in [4.78, 5) is 12.0. The van der Waals surface area contributed by atoms with Crippen LogP contribution in [0.1, 0.15) is 5.56 Å². The molecule has 2 aromatic carbocycles. The van der Waals surface area contributed by atoms with Crippen molar-refractivity contribution < 1.29 is 19.4 Å². The van der Waals surface area contributed by atoms with E-state index in [1.807, 2.05) is 0 Å². The SMILES string of the molecule is COc1ccc(OC)c(/C=C/C(=O)Nc2cc(Cl)ccc2O)c1. The average Bonchev–Trinajstić information content (AvgIpc) is 2.56. The zero-order chi connectivity index (χ0) is 16.8. The molecule has 2 aromatic rings. The molecular formula is C17H16ClNO4. The van der Waals surface area contributed by atoms with Crippen molar-refractivity contribution >= 4 is 29.3 Å². The van der Waals surface area contributed by atoms with Crippen molar-refractivity contribution in [2.75, 3.05) is 19.5 Å². The molecule has 0 saturated heterocycles. The molecule has 6 heteroatoms. The summed E-state index contributed by atoms with van der Waals surface area (Å²) < 4.78 is 10.4. The predicted molar refractivity (Wildman–Crippen MR) is 90.3 cm³/mol. The molecule has 0 bridgehead atoms. The first-order valence-corrected chi connectivity index (χ1v) is 7.11. The molecule has 0 unspecified atom stereocenters. The van der Waals surface area contributed by atoms with E-state index in [4.69, 9.17) is 21.1 Å². The third-order valence-electron chi connectivity index (χ3n) is 3.07. The molecular weight excluding hydrogens is 318 g/mol. The van der Waals surface area contributed by atoms with Crippen LogP contribution in [-0.4, -0.2) is 25.2 Å². The Morgan fingerprint density at radius 3 is 2.65 bits per heavy atom. The Morgan fingerprint density at radius 1 is 1.17 bits per heavy atom. The van der Waals surface area contributed by atoms with Gasteiger partial charge in [0.05, 0.1) is 19.9 Å². The van der Waals surface area contributed by atoms with E-state index >= 15 is 0 Å². The van der Waals surface area contributed by atoms with Crippen LogP contribution in [0.25, 0.3) is 6.08 Å². The summed E-state index contributed by atoms with van der Waals surface area (Å²) in [6.07, 6.45) is 2.93. The van der Waals surface area contributed by atoms with Gasteiger partial charge in [-0.2, -0.15) is 0 Å². The monoisotopic (exact) mass is 333 g/mol. The first-order valence-electron chi connectivity index (χ1n) is 6.73. The van der Waals surface area contributed by atoms with Crippen molar-refractivity contribution in [1.29, 1.82) is 0 Å². The highest BCUT2D eigenvalue weighted by Gasteiger charge is 2.06. The van der Waals surface area contributed by atoms with Gasteiger partial charge in [-0.05, 0) is 42.5 Å². The van der Waals surface area contributed by atoms with E-state index in [9.17, 15) is 9.90 Å². The Kier molecular flexibility index (Phi) is 5.49. The lowest BCUT2D eigenvalue weighted by Gasteiger charge is -2.08. The van der Waals surface area contributed by atoms with Crippen LogP contribution in [0.15, 0.2) is 42.5 Å². The number of methoxy groups -OCH3 is 2. The Balaban J connectivity index is 2.16. The van der Waals surface area contributed by atoms with Crippen molar-refractivity contribution in [2.45, 2.75) is 0 Å². The first kappa shape index (κ1) is 16.7. The molecule has 0 heterocycles. The molecule has 0 saturated carbocycles. The summed E-state index contributed by atoms with van der Waals surface area (Å²) in [5.74, 6) is 0.793. The normalized spacial score (nSPS) is 10.6. The number of phenols is 1. The molecule has 0 aromatic heterocycles. The molecule has 0 aliphatic heterocycles. The fourth-order valence-corrected chi connectivity index (χ4v) is 2.09. The minimum absolute atomic E-state index is 0.0601. The molecule has 0 atom stereocenters. The van der Waals surface area contributed by atoms with Crippen LogP contribution < -0.4 is 14.8 Å². The van der Waals surface area contributed by atoms with Crippen LogP contribution >= 0.6 is 11.6 Å². The number of rotatable bonds is 5. The molecule has 0 radical (unpaired) electrons. The molecule has 120 valence electrons. The summed E-state index contributed by atoms with van der Waals surface area (Å²) in [5.41, 5.74) is 0.932. The minimum Gasteiger partial charge on any atom is -0.506 e. The standard InChI is InChI=1S/C17H16ClNO4/c1-22-13-5-7-16(23-2)11(9-13)3-8-17(21)19-14-10-12(18)4-6-15(14)20/h3-10,20H,1-2H3,(H,19,21)/b8-3+. The van der Waals surface area contributed by atoms with Gasteiger partial charge in [0, 0.05) is 16.7 Å². The van der Waals surface area contributed by atoms with Crippen LogP contribution in [0.3, 0.4) is 0 Å². The molecule has 1 amide bonds. The van der Waals surface area contributed by atoms with Gasteiger partial charge in [-0.25, -0.2) is 0 Å². The highest BCUT2D eigenvalue weighted by Crippen LogP contribution is 2.27.